The van der Waals surface area contributed by atoms with E-state index < -0.39 is 0 Å². The van der Waals surface area contributed by atoms with Crippen molar-refractivity contribution in [2.45, 2.75) is 38.4 Å². The molecule has 33 heavy (non-hydrogen) atoms. The van der Waals surface area contributed by atoms with Gasteiger partial charge in [-0.3, -0.25) is 4.98 Å². The lowest BCUT2D eigenvalue weighted by atomic mass is 9.86. The number of hydrogen-bond acceptors (Lipinski definition) is 3. The smallest absolute Gasteiger partial charge is 0.174 e. The third kappa shape index (κ3) is 3.79. The van der Waals surface area contributed by atoms with Gasteiger partial charge in [-0.15, -0.1) is 0 Å². The zero-order valence-electron chi connectivity index (χ0n) is 19.2. The van der Waals surface area contributed by atoms with E-state index in [9.17, 15) is 0 Å². The molecule has 2 aromatic carbocycles. The minimum atomic E-state index is -0.0746. The Bertz CT molecular complexity index is 1240. The van der Waals surface area contributed by atoms with Crippen molar-refractivity contribution in [1.82, 2.24) is 10.3 Å². The van der Waals surface area contributed by atoms with Gasteiger partial charge in [0.15, 0.2) is 5.11 Å². The molecule has 0 radical (unpaired) electrons. The van der Waals surface area contributed by atoms with Crippen LogP contribution in [0.2, 0.25) is 5.02 Å². The monoisotopic (exact) mass is 474 g/mol. The van der Waals surface area contributed by atoms with E-state index in [-0.39, 0.29) is 17.6 Å². The molecule has 1 saturated heterocycles. The number of benzene rings is 2. The highest BCUT2D eigenvalue weighted by Gasteiger charge is 2.41. The number of pyridine rings is 1. The lowest BCUT2D eigenvalue weighted by molar-refractivity contribution is 0.566. The number of nitrogens with one attached hydrogen (secondary N) is 1. The number of anilines is 2. The Hall–Kier alpha value is -2.89. The molecule has 2 atom stereocenters. The second-order valence-corrected chi connectivity index (χ2v) is 10.1. The van der Waals surface area contributed by atoms with Crippen molar-refractivity contribution >= 4 is 45.9 Å². The van der Waals surface area contributed by atoms with Crippen LogP contribution in [0, 0.1) is 0 Å². The van der Waals surface area contributed by atoms with Crippen LogP contribution in [0.4, 0.5) is 11.4 Å². The molecule has 0 bridgehead atoms. The van der Waals surface area contributed by atoms with E-state index in [1.165, 1.54) is 22.4 Å². The molecule has 2 aliphatic rings. The lowest BCUT2D eigenvalue weighted by Crippen LogP contribution is -2.42. The normalized spacial score (nSPS) is 21.5. The van der Waals surface area contributed by atoms with Crippen LogP contribution in [-0.2, 0) is 0 Å². The molecule has 168 valence electrons. The van der Waals surface area contributed by atoms with Crippen LogP contribution >= 0.6 is 23.8 Å². The van der Waals surface area contributed by atoms with Crippen molar-refractivity contribution < 1.29 is 0 Å². The average Bonchev–Trinajstić information content (AvgIpc) is 3.15. The zero-order chi connectivity index (χ0) is 23.3. The van der Waals surface area contributed by atoms with Gasteiger partial charge in [-0.1, -0.05) is 29.8 Å². The Morgan fingerprint density at radius 2 is 1.82 bits per heavy atom. The van der Waals surface area contributed by atoms with Gasteiger partial charge >= 0.3 is 0 Å². The first-order valence-corrected chi connectivity index (χ1v) is 11.9. The summed E-state index contributed by atoms with van der Waals surface area (Å²) in [7, 11) is 2.16. The molecule has 0 aliphatic carbocycles. The van der Waals surface area contributed by atoms with Crippen LogP contribution in [0.5, 0.6) is 0 Å². The van der Waals surface area contributed by atoms with Gasteiger partial charge in [-0.05, 0) is 92.7 Å². The van der Waals surface area contributed by atoms with Crippen molar-refractivity contribution in [1.29, 1.82) is 0 Å². The number of aromatic nitrogens is 1. The highest BCUT2D eigenvalue weighted by atomic mass is 35.5. The highest BCUT2D eigenvalue weighted by Crippen LogP contribution is 2.45. The van der Waals surface area contributed by atoms with Gasteiger partial charge in [0, 0.05) is 35.2 Å². The van der Waals surface area contributed by atoms with Gasteiger partial charge in [0.05, 0.1) is 23.3 Å². The molecular formula is C27H27ClN4S. The Kier molecular flexibility index (Phi) is 5.42. The second-order valence-electron chi connectivity index (χ2n) is 9.29. The van der Waals surface area contributed by atoms with E-state index in [4.69, 9.17) is 23.8 Å². The molecule has 0 spiro atoms. The van der Waals surface area contributed by atoms with Gasteiger partial charge in [0.25, 0.3) is 0 Å². The minimum absolute atomic E-state index is 0.0269. The predicted molar refractivity (Wildman–Crippen MR) is 142 cm³/mol. The number of hydrogen-bond donors (Lipinski definition) is 1. The van der Waals surface area contributed by atoms with Crippen LogP contribution in [-0.4, -0.2) is 22.7 Å². The number of allylic oxidation sites excluding steroid dienone is 1. The van der Waals surface area contributed by atoms with E-state index in [2.05, 4.69) is 78.3 Å². The molecule has 6 heteroatoms. The number of likely N-dealkylation sites (N-methyl/N-ethyl adjacent to an activating group) is 1. The summed E-state index contributed by atoms with van der Waals surface area (Å²) in [4.78, 5) is 9.18. The minimum Gasteiger partial charge on any atom is -0.366 e. The molecule has 0 unspecified atom stereocenters. The van der Waals surface area contributed by atoms with Crippen molar-refractivity contribution in [3.63, 3.8) is 0 Å². The Balaban J connectivity index is 1.65. The summed E-state index contributed by atoms with van der Waals surface area (Å²) in [5, 5.41) is 4.92. The van der Waals surface area contributed by atoms with Crippen LogP contribution in [0.1, 0.15) is 49.7 Å². The zero-order valence-corrected chi connectivity index (χ0v) is 20.8. The molecule has 4 nitrogen and oxygen atoms in total. The molecule has 0 amide bonds. The Morgan fingerprint density at radius 1 is 1.06 bits per heavy atom. The SMILES string of the molecule is CC1=CC(C)(C)N(C)c2ccc([C@H]3[C@@H](c4ccccn4)NC(=S)N3c3ccc(Cl)cc3)cc21. The third-order valence-corrected chi connectivity index (χ3v) is 7.35. The van der Waals surface area contributed by atoms with E-state index in [1.807, 2.05) is 42.6 Å². The summed E-state index contributed by atoms with van der Waals surface area (Å²) >= 11 is 12.0. The summed E-state index contributed by atoms with van der Waals surface area (Å²) in [5.41, 5.74) is 6.91. The van der Waals surface area contributed by atoms with Gasteiger partial charge in [0.2, 0.25) is 0 Å². The summed E-state index contributed by atoms with van der Waals surface area (Å²) in [5.74, 6) is 0. The number of thiocarbonyl (C=S) groups is 1. The van der Waals surface area contributed by atoms with E-state index >= 15 is 0 Å². The number of rotatable bonds is 3. The molecule has 0 saturated carbocycles. The molecule has 5 rings (SSSR count). The largest absolute Gasteiger partial charge is 0.366 e. The van der Waals surface area contributed by atoms with Crippen molar-refractivity contribution in [3.8, 4) is 0 Å². The Labute approximate surface area is 205 Å². The van der Waals surface area contributed by atoms with E-state index in [0.29, 0.717) is 10.1 Å². The first kappa shape index (κ1) is 21.9. The molecule has 1 N–H and O–H groups in total. The fraction of sp³-hybridized carbons (Fsp3) is 0.259. The maximum atomic E-state index is 6.18. The quantitative estimate of drug-likeness (QED) is 0.435. The Morgan fingerprint density at radius 3 is 2.52 bits per heavy atom. The standard InChI is InChI=1S/C27H27ClN4S/c1-17-16-27(2,3)31(4)23-13-8-18(15-21(17)23)25-24(22-7-5-6-14-29-22)30-26(33)32(25)20-11-9-19(28)10-12-20/h5-16,24-25H,1-4H3,(H,30,33)/t24-,25+/m1/s1. The molecule has 1 fully saturated rings. The summed E-state index contributed by atoms with van der Waals surface area (Å²) in [6.07, 6.45) is 4.17. The first-order valence-electron chi connectivity index (χ1n) is 11.1. The van der Waals surface area contributed by atoms with Crippen LogP contribution < -0.4 is 15.1 Å². The fourth-order valence-electron chi connectivity index (χ4n) is 4.93. The summed E-state index contributed by atoms with van der Waals surface area (Å²) in [6, 6.07) is 20.5. The van der Waals surface area contributed by atoms with Crippen molar-refractivity contribution in [3.05, 3.63) is 94.8 Å². The topological polar surface area (TPSA) is 31.4 Å². The molecular weight excluding hydrogens is 448 g/mol. The van der Waals surface area contributed by atoms with Gasteiger partial charge < -0.3 is 15.1 Å². The summed E-state index contributed by atoms with van der Waals surface area (Å²) in [6.45, 7) is 6.68. The van der Waals surface area contributed by atoms with Crippen LogP contribution in [0.3, 0.4) is 0 Å². The molecule has 3 heterocycles. The highest BCUT2D eigenvalue weighted by molar-refractivity contribution is 7.80. The lowest BCUT2D eigenvalue weighted by Gasteiger charge is -2.41. The maximum absolute atomic E-state index is 6.18. The van der Waals surface area contributed by atoms with E-state index in [0.717, 1.165) is 11.4 Å². The molecule has 3 aromatic rings. The predicted octanol–water partition coefficient (Wildman–Crippen LogP) is 6.54. The molecule has 1 aromatic heterocycles. The number of nitrogens with zero attached hydrogens (tertiary/aromatic N) is 3. The van der Waals surface area contributed by atoms with Crippen molar-refractivity contribution in [2.75, 3.05) is 16.8 Å². The number of halogens is 1. The van der Waals surface area contributed by atoms with Gasteiger partial charge in [0.1, 0.15) is 0 Å². The first-order chi connectivity index (χ1) is 15.8. The molecule has 2 aliphatic heterocycles. The third-order valence-electron chi connectivity index (χ3n) is 6.79. The summed E-state index contributed by atoms with van der Waals surface area (Å²) < 4.78 is 0. The van der Waals surface area contributed by atoms with Crippen molar-refractivity contribution in [2.24, 2.45) is 0 Å². The number of fused-ring (bicyclic) bond motifs is 1. The van der Waals surface area contributed by atoms with Gasteiger partial charge in [-0.25, -0.2) is 0 Å². The second kappa shape index (κ2) is 8.15. The average molecular weight is 475 g/mol. The van der Waals surface area contributed by atoms with Gasteiger partial charge in [-0.2, -0.15) is 0 Å². The maximum Gasteiger partial charge on any atom is 0.174 e. The van der Waals surface area contributed by atoms with E-state index in [1.54, 1.807) is 0 Å². The fourth-order valence-corrected chi connectivity index (χ4v) is 5.41. The van der Waals surface area contributed by atoms with Crippen LogP contribution in [0.15, 0.2) is 72.9 Å². The van der Waals surface area contributed by atoms with Crippen LogP contribution in [0.25, 0.3) is 5.57 Å².